The fourth-order valence-electron chi connectivity index (χ4n) is 1.83. The number of methoxy groups -OCH3 is 1. The van der Waals surface area contributed by atoms with Gasteiger partial charge in [-0.2, -0.15) is 0 Å². The van der Waals surface area contributed by atoms with Gasteiger partial charge in [0.25, 0.3) is 0 Å². The van der Waals surface area contributed by atoms with E-state index in [4.69, 9.17) is 0 Å². The van der Waals surface area contributed by atoms with Gasteiger partial charge in [0.15, 0.2) is 0 Å². The highest BCUT2D eigenvalue weighted by Crippen LogP contribution is 2.19. The topological polar surface area (TPSA) is 75.7 Å². The first-order valence-corrected chi connectivity index (χ1v) is 9.22. The summed E-state index contributed by atoms with van der Waals surface area (Å²) in [6.07, 6.45) is 0.267. The normalized spacial score (nSPS) is 10.2. The number of halogens is 1. The van der Waals surface area contributed by atoms with E-state index in [1.807, 2.05) is 25.1 Å². The molecule has 8 heteroatoms. The van der Waals surface area contributed by atoms with Gasteiger partial charge in [-0.05, 0) is 30.7 Å². The van der Waals surface area contributed by atoms with Crippen molar-refractivity contribution < 1.29 is 19.1 Å². The number of hydrogen-bond acceptors (Lipinski definition) is 5. The van der Waals surface area contributed by atoms with Crippen molar-refractivity contribution in [1.29, 1.82) is 0 Å². The fraction of sp³-hybridized carbons (Fsp3) is 0.438. The van der Waals surface area contributed by atoms with Crippen LogP contribution in [0.4, 0.5) is 5.69 Å². The lowest BCUT2D eigenvalue weighted by Crippen LogP contribution is -2.35. The minimum atomic E-state index is -0.315. The highest BCUT2D eigenvalue weighted by molar-refractivity contribution is 9.10. The summed E-state index contributed by atoms with van der Waals surface area (Å²) in [7, 11) is 2.91. The third-order valence-corrected chi connectivity index (χ3v) is 4.60. The summed E-state index contributed by atoms with van der Waals surface area (Å²) >= 11 is 4.70. The second-order valence-electron chi connectivity index (χ2n) is 5.14. The van der Waals surface area contributed by atoms with E-state index in [2.05, 4.69) is 26.0 Å². The van der Waals surface area contributed by atoms with Crippen molar-refractivity contribution in [2.75, 3.05) is 37.5 Å². The molecule has 0 unspecified atom stereocenters. The molecule has 0 saturated carbocycles. The molecule has 0 aliphatic heterocycles. The molecule has 2 amide bonds. The first kappa shape index (κ1) is 20.5. The molecular weight excluding hydrogens is 396 g/mol. The molecule has 1 aromatic rings. The lowest BCUT2D eigenvalue weighted by molar-refractivity contribution is -0.137. The maximum Gasteiger partial charge on any atom is 0.315 e. The molecule has 1 aromatic carbocycles. The van der Waals surface area contributed by atoms with E-state index in [9.17, 15) is 14.4 Å². The number of carbonyl (C=O) groups excluding carboxylic acids is 3. The van der Waals surface area contributed by atoms with Crippen molar-refractivity contribution in [1.82, 2.24) is 4.90 Å². The van der Waals surface area contributed by atoms with Crippen LogP contribution in [0.1, 0.15) is 12.0 Å². The molecule has 0 saturated heterocycles. The number of thioether (sulfide) groups is 1. The molecule has 0 spiro atoms. The maximum absolute atomic E-state index is 12.0. The number of esters is 1. The summed E-state index contributed by atoms with van der Waals surface area (Å²) in [5.74, 6) is 0.0151. The van der Waals surface area contributed by atoms with E-state index in [-0.39, 0.29) is 36.5 Å². The van der Waals surface area contributed by atoms with Crippen molar-refractivity contribution in [3.8, 4) is 0 Å². The van der Waals surface area contributed by atoms with Crippen molar-refractivity contribution in [2.24, 2.45) is 0 Å². The van der Waals surface area contributed by atoms with E-state index >= 15 is 0 Å². The Labute approximate surface area is 154 Å². The summed E-state index contributed by atoms with van der Waals surface area (Å²) in [6, 6.07) is 5.56. The van der Waals surface area contributed by atoms with E-state index < -0.39 is 0 Å². The van der Waals surface area contributed by atoms with Gasteiger partial charge in [0.2, 0.25) is 11.8 Å². The molecule has 132 valence electrons. The van der Waals surface area contributed by atoms with Gasteiger partial charge >= 0.3 is 5.97 Å². The predicted molar refractivity (Wildman–Crippen MR) is 99.1 cm³/mol. The summed E-state index contributed by atoms with van der Waals surface area (Å²) in [5, 5.41) is 2.79. The third kappa shape index (κ3) is 7.35. The van der Waals surface area contributed by atoms with Gasteiger partial charge in [-0.1, -0.05) is 15.9 Å². The standard InChI is InChI=1S/C16H21BrN2O4S/c1-11-8-12(17)4-5-13(11)18-14(20)9-19(2)15(21)6-7-24-10-16(22)23-3/h4-5,8H,6-7,9-10H2,1-3H3,(H,18,20). The Hall–Kier alpha value is -1.54. The first-order valence-electron chi connectivity index (χ1n) is 7.28. The second-order valence-corrected chi connectivity index (χ2v) is 7.16. The van der Waals surface area contributed by atoms with Gasteiger partial charge in [0.1, 0.15) is 0 Å². The van der Waals surface area contributed by atoms with Crippen molar-refractivity contribution in [3.05, 3.63) is 28.2 Å². The zero-order chi connectivity index (χ0) is 18.1. The largest absolute Gasteiger partial charge is 0.468 e. The smallest absolute Gasteiger partial charge is 0.315 e. The number of benzene rings is 1. The SMILES string of the molecule is COC(=O)CSCCC(=O)N(C)CC(=O)Nc1ccc(Br)cc1C. The van der Waals surface area contributed by atoms with Gasteiger partial charge in [0, 0.05) is 29.4 Å². The average molecular weight is 417 g/mol. The van der Waals surface area contributed by atoms with Gasteiger partial charge in [0.05, 0.1) is 19.4 Å². The molecule has 1 rings (SSSR count). The molecular formula is C16H21BrN2O4S. The van der Waals surface area contributed by atoms with Gasteiger partial charge in [-0.15, -0.1) is 11.8 Å². The molecule has 6 nitrogen and oxygen atoms in total. The summed E-state index contributed by atoms with van der Waals surface area (Å²) in [4.78, 5) is 36.3. The van der Waals surface area contributed by atoms with Crippen molar-refractivity contribution in [3.63, 3.8) is 0 Å². The van der Waals surface area contributed by atoms with Crippen LogP contribution in [-0.4, -0.2) is 54.9 Å². The summed E-state index contributed by atoms with van der Waals surface area (Å²) in [6.45, 7) is 1.88. The Morgan fingerprint density at radius 3 is 2.67 bits per heavy atom. The van der Waals surface area contributed by atoms with Gasteiger partial charge in [-0.25, -0.2) is 0 Å². The monoisotopic (exact) mass is 416 g/mol. The quantitative estimate of drug-likeness (QED) is 0.520. The van der Waals surface area contributed by atoms with Crippen LogP contribution in [0.3, 0.4) is 0 Å². The van der Waals surface area contributed by atoms with Crippen LogP contribution in [0.5, 0.6) is 0 Å². The number of ether oxygens (including phenoxy) is 1. The fourth-order valence-corrected chi connectivity index (χ4v) is 3.05. The number of anilines is 1. The Morgan fingerprint density at radius 2 is 2.04 bits per heavy atom. The van der Waals surface area contributed by atoms with Crippen molar-refractivity contribution >= 4 is 51.2 Å². The lowest BCUT2D eigenvalue weighted by Gasteiger charge is -2.17. The Morgan fingerprint density at radius 1 is 1.33 bits per heavy atom. The number of likely N-dealkylation sites (N-methyl/N-ethyl adjacent to an activating group) is 1. The number of aryl methyl sites for hydroxylation is 1. The second kappa shape index (κ2) is 10.4. The molecule has 0 bridgehead atoms. The van der Waals surface area contributed by atoms with Crippen LogP contribution < -0.4 is 5.32 Å². The van der Waals surface area contributed by atoms with Gasteiger partial charge in [-0.3, -0.25) is 14.4 Å². The molecule has 24 heavy (non-hydrogen) atoms. The van der Waals surface area contributed by atoms with E-state index in [0.29, 0.717) is 5.75 Å². The Balaban J connectivity index is 2.37. The Kier molecular flexibility index (Phi) is 8.84. The number of rotatable bonds is 8. The molecule has 0 aromatic heterocycles. The van der Waals surface area contributed by atoms with Crippen LogP contribution in [0.15, 0.2) is 22.7 Å². The number of carbonyl (C=O) groups is 3. The lowest BCUT2D eigenvalue weighted by atomic mass is 10.2. The molecule has 0 fully saturated rings. The number of nitrogens with zero attached hydrogens (tertiary/aromatic N) is 1. The van der Waals surface area contributed by atoms with Crippen LogP contribution in [-0.2, 0) is 19.1 Å². The summed E-state index contributed by atoms with van der Waals surface area (Å²) < 4.78 is 5.46. The molecule has 0 radical (unpaired) electrons. The highest BCUT2D eigenvalue weighted by Gasteiger charge is 2.14. The minimum Gasteiger partial charge on any atom is -0.468 e. The van der Waals surface area contributed by atoms with Gasteiger partial charge < -0.3 is 15.0 Å². The number of nitrogens with one attached hydrogen (secondary N) is 1. The molecule has 1 N–H and O–H groups in total. The molecule has 0 aliphatic carbocycles. The third-order valence-electron chi connectivity index (χ3n) is 3.18. The molecule has 0 atom stereocenters. The van der Waals surface area contributed by atoms with E-state index in [1.165, 1.54) is 23.8 Å². The van der Waals surface area contributed by atoms with Crippen LogP contribution in [0.25, 0.3) is 0 Å². The maximum atomic E-state index is 12.0. The molecule has 0 heterocycles. The van der Waals surface area contributed by atoms with E-state index in [1.54, 1.807) is 7.05 Å². The van der Waals surface area contributed by atoms with E-state index in [0.717, 1.165) is 15.7 Å². The number of amides is 2. The van der Waals surface area contributed by atoms with Crippen LogP contribution >= 0.6 is 27.7 Å². The minimum absolute atomic E-state index is 0.0179. The highest BCUT2D eigenvalue weighted by atomic mass is 79.9. The van der Waals surface area contributed by atoms with Crippen LogP contribution in [0, 0.1) is 6.92 Å². The van der Waals surface area contributed by atoms with Crippen LogP contribution in [0.2, 0.25) is 0 Å². The predicted octanol–water partition coefficient (Wildman–Crippen LogP) is 2.45. The molecule has 0 aliphatic rings. The zero-order valence-electron chi connectivity index (χ0n) is 13.9. The Bertz CT molecular complexity index is 610. The zero-order valence-corrected chi connectivity index (χ0v) is 16.3. The number of hydrogen-bond donors (Lipinski definition) is 1. The first-order chi connectivity index (χ1) is 11.3. The average Bonchev–Trinajstić information content (AvgIpc) is 2.53. The van der Waals surface area contributed by atoms with Crippen molar-refractivity contribution in [2.45, 2.75) is 13.3 Å². The summed E-state index contributed by atoms with van der Waals surface area (Å²) in [5.41, 5.74) is 1.66.